The van der Waals surface area contributed by atoms with Crippen molar-refractivity contribution in [2.45, 2.75) is 20.3 Å². The lowest BCUT2D eigenvalue weighted by molar-refractivity contribution is -0.138. The highest BCUT2D eigenvalue weighted by molar-refractivity contribution is 5.93. The summed E-state index contributed by atoms with van der Waals surface area (Å²) in [6.45, 7) is 7.41. The third kappa shape index (κ3) is 7.38. The summed E-state index contributed by atoms with van der Waals surface area (Å²) in [5.41, 5.74) is 1.76. The predicted molar refractivity (Wildman–Crippen MR) is 94.6 cm³/mol. The van der Waals surface area contributed by atoms with E-state index in [1.807, 2.05) is 6.92 Å². The second kappa shape index (κ2) is 10.7. The summed E-state index contributed by atoms with van der Waals surface area (Å²) >= 11 is 0. The molecular weight excluding hydrogens is 326 g/mol. The van der Waals surface area contributed by atoms with Gasteiger partial charge < -0.3 is 20.1 Å². The summed E-state index contributed by atoms with van der Waals surface area (Å²) in [7, 11) is 0. The van der Waals surface area contributed by atoms with Gasteiger partial charge in [-0.25, -0.2) is 14.4 Å². The van der Waals surface area contributed by atoms with Crippen LogP contribution < -0.4 is 16.0 Å². The number of ether oxygens (including phenoxy) is 2. The standard InChI is InChI=1S/C17H23N3O5/c1-4-9-18-16(22)19-13-7-6-8-14(12(13)3)20-17(23)25-11-10-24-15(21)5-2/h5-8H,2,4,9-11H2,1,3H3,(H,20,23)(H2,18,19,22). The van der Waals surface area contributed by atoms with Crippen molar-refractivity contribution < 1.29 is 23.9 Å². The molecule has 1 rings (SSSR count). The molecule has 0 heterocycles. The van der Waals surface area contributed by atoms with Crippen molar-refractivity contribution in [3.8, 4) is 0 Å². The molecule has 0 unspecified atom stereocenters. The van der Waals surface area contributed by atoms with E-state index >= 15 is 0 Å². The number of rotatable bonds is 8. The van der Waals surface area contributed by atoms with Crippen LogP contribution in [-0.4, -0.2) is 37.9 Å². The predicted octanol–water partition coefficient (Wildman–Crippen LogP) is 2.80. The normalized spacial score (nSPS) is 9.68. The molecule has 0 bridgehead atoms. The molecule has 1 aromatic carbocycles. The molecule has 0 atom stereocenters. The van der Waals surface area contributed by atoms with Gasteiger partial charge in [0.25, 0.3) is 0 Å². The molecule has 1 aromatic rings. The van der Waals surface area contributed by atoms with Gasteiger partial charge in [0.2, 0.25) is 0 Å². The number of nitrogens with one attached hydrogen (secondary N) is 3. The number of hydrogen-bond acceptors (Lipinski definition) is 5. The zero-order valence-electron chi connectivity index (χ0n) is 14.4. The van der Waals surface area contributed by atoms with Crippen molar-refractivity contribution in [3.63, 3.8) is 0 Å². The number of carbonyl (C=O) groups is 3. The maximum absolute atomic E-state index is 11.8. The summed E-state index contributed by atoms with van der Waals surface area (Å²) < 4.78 is 9.60. The molecule has 25 heavy (non-hydrogen) atoms. The first-order valence-electron chi connectivity index (χ1n) is 7.85. The fourth-order valence-corrected chi connectivity index (χ4v) is 1.79. The van der Waals surface area contributed by atoms with Gasteiger partial charge in [-0.05, 0) is 31.0 Å². The Kier molecular flexibility index (Phi) is 8.56. The number of anilines is 2. The Morgan fingerprint density at radius 3 is 2.40 bits per heavy atom. The zero-order chi connectivity index (χ0) is 18.7. The third-order valence-corrected chi connectivity index (χ3v) is 3.08. The molecule has 8 heteroatoms. The van der Waals surface area contributed by atoms with Crippen LogP contribution in [0, 0.1) is 6.92 Å². The second-order valence-corrected chi connectivity index (χ2v) is 4.99. The van der Waals surface area contributed by atoms with Crippen LogP contribution in [0.1, 0.15) is 18.9 Å². The molecule has 0 aliphatic heterocycles. The first-order chi connectivity index (χ1) is 12.0. The second-order valence-electron chi connectivity index (χ2n) is 4.99. The van der Waals surface area contributed by atoms with Crippen LogP contribution in [0.3, 0.4) is 0 Å². The lowest BCUT2D eigenvalue weighted by atomic mass is 10.1. The highest BCUT2D eigenvalue weighted by Gasteiger charge is 2.10. The van der Waals surface area contributed by atoms with Crippen molar-refractivity contribution in [2.75, 3.05) is 30.4 Å². The molecule has 0 spiro atoms. The first-order valence-corrected chi connectivity index (χ1v) is 7.85. The Morgan fingerprint density at radius 2 is 1.76 bits per heavy atom. The quantitative estimate of drug-likeness (QED) is 0.380. The fraction of sp³-hybridized carbons (Fsp3) is 0.353. The van der Waals surface area contributed by atoms with Gasteiger partial charge in [0, 0.05) is 24.0 Å². The molecule has 0 saturated carbocycles. The maximum atomic E-state index is 11.8. The summed E-state index contributed by atoms with van der Waals surface area (Å²) in [6, 6.07) is 4.80. The molecule has 0 saturated heterocycles. The van der Waals surface area contributed by atoms with Crippen molar-refractivity contribution in [3.05, 3.63) is 36.4 Å². The maximum Gasteiger partial charge on any atom is 0.411 e. The van der Waals surface area contributed by atoms with E-state index in [0.29, 0.717) is 23.5 Å². The molecule has 0 aromatic heterocycles. The minimum absolute atomic E-state index is 0.0591. The van der Waals surface area contributed by atoms with Gasteiger partial charge in [0.05, 0.1) is 0 Å². The van der Waals surface area contributed by atoms with Gasteiger partial charge in [-0.15, -0.1) is 0 Å². The van der Waals surface area contributed by atoms with Crippen molar-refractivity contribution in [2.24, 2.45) is 0 Å². The van der Waals surface area contributed by atoms with E-state index in [9.17, 15) is 14.4 Å². The molecule has 8 nitrogen and oxygen atoms in total. The van der Waals surface area contributed by atoms with Crippen molar-refractivity contribution >= 4 is 29.5 Å². The number of amides is 3. The van der Waals surface area contributed by atoms with E-state index < -0.39 is 12.1 Å². The smallest absolute Gasteiger partial charge is 0.411 e. The minimum atomic E-state index is -0.690. The van der Waals surface area contributed by atoms with Gasteiger partial charge in [0.15, 0.2) is 0 Å². The number of esters is 1. The number of urea groups is 1. The van der Waals surface area contributed by atoms with Gasteiger partial charge in [0.1, 0.15) is 13.2 Å². The van der Waals surface area contributed by atoms with Crippen LogP contribution in [0.2, 0.25) is 0 Å². The monoisotopic (exact) mass is 349 g/mol. The Labute approximate surface area is 146 Å². The first kappa shape index (κ1) is 20.0. The van der Waals surface area contributed by atoms with E-state index in [1.54, 1.807) is 25.1 Å². The Bertz CT molecular complexity index is 631. The molecule has 0 aliphatic rings. The van der Waals surface area contributed by atoms with Gasteiger partial charge in [-0.1, -0.05) is 19.6 Å². The van der Waals surface area contributed by atoms with E-state index in [2.05, 4.69) is 22.5 Å². The average Bonchev–Trinajstić information content (AvgIpc) is 2.60. The molecular formula is C17H23N3O5. The molecule has 0 fully saturated rings. The van der Waals surface area contributed by atoms with Crippen molar-refractivity contribution in [1.29, 1.82) is 0 Å². The number of carbonyl (C=O) groups excluding carboxylic acids is 3. The zero-order valence-corrected chi connectivity index (χ0v) is 14.4. The van der Waals surface area contributed by atoms with Crippen molar-refractivity contribution in [1.82, 2.24) is 5.32 Å². The molecule has 136 valence electrons. The largest absolute Gasteiger partial charge is 0.459 e. The lowest BCUT2D eigenvalue weighted by Gasteiger charge is -2.14. The number of benzene rings is 1. The van der Waals surface area contributed by atoms with E-state index in [4.69, 9.17) is 9.47 Å². The topological polar surface area (TPSA) is 106 Å². The van der Waals surface area contributed by atoms with Crippen LogP contribution in [0.4, 0.5) is 21.0 Å². The summed E-state index contributed by atoms with van der Waals surface area (Å²) in [4.78, 5) is 34.3. The van der Waals surface area contributed by atoms with E-state index in [1.165, 1.54) is 0 Å². The van der Waals surface area contributed by atoms with Crippen LogP contribution in [0.5, 0.6) is 0 Å². The summed E-state index contributed by atoms with van der Waals surface area (Å²) in [6.07, 6.45) is 1.17. The summed E-state index contributed by atoms with van der Waals surface area (Å²) in [5.74, 6) is -0.583. The molecule has 3 amide bonds. The third-order valence-electron chi connectivity index (χ3n) is 3.08. The fourth-order valence-electron chi connectivity index (χ4n) is 1.79. The van der Waals surface area contributed by atoms with Gasteiger partial charge >= 0.3 is 18.1 Å². The molecule has 0 aliphatic carbocycles. The van der Waals surface area contributed by atoms with Crippen LogP contribution >= 0.6 is 0 Å². The van der Waals surface area contributed by atoms with Crippen LogP contribution in [0.15, 0.2) is 30.9 Å². The van der Waals surface area contributed by atoms with E-state index in [-0.39, 0.29) is 19.2 Å². The SMILES string of the molecule is C=CC(=O)OCCOC(=O)Nc1cccc(NC(=O)NCCC)c1C. The van der Waals surface area contributed by atoms with Gasteiger partial charge in [-0.2, -0.15) is 0 Å². The average molecular weight is 349 g/mol. The van der Waals surface area contributed by atoms with E-state index in [0.717, 1.165) is 12.5 Å². The number of hydrogen-bond donors (Lipinski definition) is 3. The van der Waals surface area contributed by atoms with Gasteiger partial charge in [-0.3, -0.25) is 5.32 Å². The molecule has 0 radical (unpaired) electrons. The Morgan fingerprint density at radius 1 is 1.12 bits per heavy atom. The van der Waals surface area contributed by atoms with Crippen LogP contribution in [0.25, 0.3) is 0 Å². The summed E-state index contributed by atoms with van der Waals surface area (Å²) in [5, 5.41) is 8.00. The highest BCUT2D eigenvalue weighted by Crippen LogP contribution is 2.23. The minimum Gasteiger partial charge on any atom is -0.459 e. The van der Waals surface area contributed by atoms with Crippen LogP contribution in [-0.2, 0) is 14.3 Å². The molecule has 3 N–H and O–H groups in total. The lowest BCUT2D eigenvalue weighted by Crippen LogP contribution is -2.29. The highest BCUT2D eigenvalue weighted by atomic mass is 16.6. The Balaban J connectivity index is 2.54. The Hall–Kier alpha value is -3.03.